The molecule has 3 rings (SSSR count). The fraction of sp³-hybridized carbons (Fsp3) is 0.353. The van der Waals surface area contributed by atoms with Gasteiger partial charge >= 0.3 is 0 Å². The highest BCUT2D eigenvalue weighted by molar-refractivity contribution is 5.83. The van der Waals surface area contributed by atoms with Crippen LogP contribution in [-0.4, -0.2) is 4.98 Å². The third-order valence-electron chi connectivity index (χ3n) is 3.76. The van der Waals surface area contributed by atoms with E-state index in [0.717, 1.165) is 5.52 Å². The Hall–Kier alpha value is -1.63. The standard InChI is InChI=1S/C17H19N/c1-12-8-9-15-11-13(2)17(18-16(15)10-12)14-6-4-3-5-7-14/h6,8-11H,3-5,7H2,1-2H3. The lowest BCUT2D eigenvalue weighted by Crippen LogP contribution is -1.98. The lowest BCUT2D eigenvalue weighted by molar-refractivity contribution is 0.739. The SMILES string of the molecule is Cc1ccc2cc(C)c(C3=CCCCC3)nc2c1. The van der Waals surface area contributed by atoms with Crippen molar-refractivity contribution >= 4 is 16.5 Å². The van der Waals surface area contributed by atoms with Crippen LogP contribution in [0.2, 0.25) is 0 Å². The lowest BCUT2D eigenvalue weighted by Gasteiger charge is -2.15. The second kappa shape index (κ2) is 4.56. The lowest BCUT2D eigenvalue weighted by atomic mass is 9.94. The van der Waals surface area contributed by atoms with Crippen molar-refractivity contribution in [2.45, 2.75) is 39.5 Å². The molecule has 0 amide bonds. The number of rotatable bonds is 1. The second-order valence-corrected chi connectivity index (χ2v) is 5.33. The van der Waals surface area contributed by atoms with Gasteiger partial charge in [0.15, 0.2) is 0 Å². The molecule has 2 aromatic rings. The van der Waals surface area contributed by atoms with Crippen LogP contribution >= 0.6 is 0 Å². The van der Waals surface area contributed by atoms with Crippen LogP contribution < -0.4 is 0 Å². The summed E-state index contributed by atoms with van der Waals surface area (Å²) >= 11 is 0. The van der Waals surface area contributed by atoms with Gasteiger partial charge in [0.05, 0.1) is 11.2 Å². The van der Waals surface area contributed by atoms with Crippen LogP contribution in [0.5, 0.6) is 0 Å². The minimum Gasteiger partial charge on any atom is -0.248 e. The van der Waals surface area contributed by atoms with Crippen molar-refractivity contribution in [1.82, 2.24) is 4.98 Å². The van der Waals surface area contributed by atoms with E-state index in [9.17, 15) is 0 Å². The molecule has 0 saturated carbocycles. The summed E-state index contributed by atoms with van der Waals surface area (Å²) in [6, 6.07) is 8.78. The minimum atomic E-state index is 1.13. The van der Waals surface area contributed by atoms with Gasteiger partial charge < -0.3 is 0 Å². The average molecular weight is 237 g/mol. The first kappa shape index (κ1) is 11.5. The topological polar surface area (TPSA) is 12.9 Å². The molecule has 0 aliphatic heterocycles. The number of benzene rings is 1. The highest BCUT2D eigenvalue weighted by atomic mass is 14.7. The summed E-state index contributed by atoms with van der Waals surface area (Å²) in [4.78, 5) is 4.89. The summed E-state index contributed by atoms with van der Waals surface area (Å²) in [7, 11) is 0. The number of pyridine rings is 1. The summed E-state index contributed by atoms with van der Waals surface area (Å²) in [5.41, 5.74) is 6.37. The molecule has 0 N–H and O–H groups in total. The Morgan fingerprint density at radius 2 is 1.94 bits per heavy atom. The first-order valence-corrected chi connectivity index (χ1v) is 6.81. The smallest absolute Gasteiger partial charge is 0.0712 e. The van der Waals surface area contributed by atoms with Crippen LogP contribution in [-0.2, 0) is 0 Å². The van der Waals surface area contributed by atoms with E-state index in [2.05, 4.69) is 44.2 Å². The Kier molecular flexibility index (Phi) is 2.91. The summed E-state index contributed by atoms with van der Waals surface area (Å²) < 4.78 is 0. The summed E-state index contributed by atoms with van der Waals surface area (Å²) in [5.74, 6) is 0. The molecule has 0 fully saturated rings. The highest BCUT2D eigenvalue weighted by Gasteiger charge is 2.11. The molecule has 1 heterocycles. The van der Waals surface area contributed by atoms with Crippen molar-refractivity contribution in [3.05, 3.63) is 47.2 Å². The fourth-order valence-electron chi connectivity index (χ4n) is 2.76. The molecule has 0 unspecified atom stereocenters. The van der Waals surface area contributed by atoms with Crippen molar-refractivity contribution in [2.75, 3.05) is 0 Å². The second-order valence-electron chi connectivity index (χ2n) is 5.33. The Morgan fingerprint density at radius 1 is 1.06 bits per heavy atom. The molecular weight excluding hydrogens is 218 g/mol. The number of fused-ring (bicyclic) bond motifs is 1. The predicted molar refractivity (Wildman–Crippen MR) is 77.7 cm³/mol. The normalized spacial score (nSPS) is 15.8. The van der Waals surface area contributed by atoms with Crippen LogP contribution in [0.15, 0.2) is 30.3 Å². The molecule has 1 aromatic carbocycles. The predicted octanol–water partition coefficient (Wildman–Crippen LogP) is 4.81. The van der Waals surface area contributed by atoms with Gasteiger partial charge in [-0.05, 0) is 68.4 Å². The fourth-order valence-corrected chi connectivity index (χ4v) is 2.76. The Morgan fingerprint density at radius 3 is 2.72 bits per heavy atom. The molecule has 92 valence electrons. The van der Waals surface area contributed by atoms with E-state index in [1.54, 1.807) is 0 Å². The van der Waals surface area contributed by atoms with Crippen molar-refractivity contribution in [3.8, 4) is 0 Å². The van der Waals surface area contributed by atoms with Gasteiger partial charge in [-0.15, -0.1) is 0 Å². The molecule has 0 spiro atoms. The van der Waals surface area contributed by atoms with E-state index >= 15 is 0 Å². The Bertz CT molecular complexity index is 623. The van der Waals surface area contributed by atoms with Gasteiger partial charge in [0.25, 0.3) is 0 Å². The van der Waals surface area contributed by atoms with E-state index in [1.165, 1.54) is 53.5 Å². The molecule has 1 aromatic heterocycles. The maximum atomic E-state index is 4.89. The quantitative estimate of drug-likeness (QED) is 0.693. The molecule has 1 nitrogen and oxygen atoms in total. The van der Waals surface area contributed by atoms with Gasteiger partial charge in [0.1, 0.15) is 0 Å². The zero-order valence-corrected chi connectivity index (χ0v) is 11.2. The van der Waals surface area contributed by atoms with Crippen molar-refractivity contribution in [1.29, 1.82) is 0 Å². The van der Waals surface area contributed by atoms with Gasteiger partial charge in [-0.25, -0.2) is 4.98 Å². The van der Waals surface area contributed by atoms with E-state index in [-0.39, 0.29) is 0 Å². The van der Waals surface area contributed by atoms with E-state index < -0.39 is 0 Å². The summed E-state index contributed by atoms with van der Waals surface area (Å²) in [6.07, 6.45) is 7.40. The third kappa shape index (κ3) is 2.05. The van der Waals surface area contributed by atoms with Gasteiger partial charge in [-0.2, -0.15) is 0 Å². The molecule has 1 aliphatic carbocycles. The molecule has 1 heteroatoms. The first-order chi connectivity index (χ1) is 8.74. The van der Waals surface area contributed by atoms with Crippen molar-refractivity contribution in [3.63, 3.8) is 0 Å². The van der Waals surface area contributed by atoms with Crippen LogP contribution in [0.3, 0.4) is 0 Å². The number of hydrogen-bond donors (Lipinski definition) is 0. The zero-order valence-electron chi connectivity index (χ0n) is 11.2. The number of aryl methyl sites for hydroxylation is 2. The van der Waals surface area contributed by atoms with Crippen LogP contribution in [0.25, 0.3) is 16.5 Å². The monoisotopic (exact) mass is 237 g/mol. The van der Waals surface area contributed by atoms with Crippen LogP contribution in [0, 0.1) is 13.8 Å². The minimum absolute atomic E-state index is 1.13. The van der Waals surface area contributed by atoms with Crippen molar-refractivity contribution in [2.24, 2.45) is 0 Å². The Balaban J connectivity index is 2.16. The zero-order chi connectivity index (χ0) is 12.5. The molecule has 0 atom stereocenters. The number of hydrogen-bond acceptors (Lipinski definition) is 1. The van der Waals surface area contributed by atoms with Crippen LogP contribution in [0.4, 0.5) is 0 Å². The largest absolute Gasteiger partial charge is 0.248 e. The average Bonchev–Trinajstić information content (AvgIpc) is 2.39. The van der Waals surface area contributed by atoms with Gasteiger partial charge in [-0.1, -0.05) is 18.2 Å². The third-order valence-corrected chi connectivity index (χ3v) is 3.76. The molecule has 1 aliphatic rings. The van der Waals surface area contributed by atoms with Gasteiger partial charge in [0, 0.05) is 5.39 Å². The molecule has 0 saturated heterocycles. The summed E-state index contributed by atoms with van der Waals surface area (Å²) in [6.45, 7) is 4.30. The Labute approximate surface area is 109 Å². The summed E-state index contributed by atoms with van der Waals surface area (Å²) in [5, 5.41) is 1.25. The van der Waals surface area contributed by atoms with Crippen LogP contribution in [0.1, 0.15) is 42.5 Å². The number of aromatic nitrogens is 1. The maximum Gasteiger partial charge on any atom is 0.0712 e. The van der Waals surface area contributed by atoms with E-state index in [1.807, 2.05) is 0 Å². The van der Waals surface area contributed by atoms with Crippen molar-refractivity contribution < 1.29 is 0 Å². The van der Waals surface area contributed by atoms with Gasteiger partial charge in [-0.3, -0.25) is 0 Å². The molecular formula is C17H19N. The van der Waals surface area contributed by atoms with E-state index in [0.29, 0.717) is 0 Å². The molecule has 18 heavy (non-hydrogen) atoms. The van der Waals surface area contributed by atoms with E-state index in [4.69, 9.17) is 4.98 Å². The highest BCUT2D eigenvalue weighted by Crippen LogP contribution is 2.29. The number of allylic oxidation sites excluding steroid dienone is 2. The van der Waals surface area contributed by atoms with Gasteiger partial charge in [0.2, 0.25) is 0 Å². The molecule has 0 radical (unpaired) electrons. The molecule has 0 bridgehead atoms. The number of nitrogens with zero attached hydrogens (tertiary/aromatic N) is 1. The maximum absolute atomic E-state index is 4.89. The first-order valence-electron chi connectivity index (χ1n) is 6.81.